The van der Waals surface area contributed by atoms with Gasteiger partial charge in [0.2, 0.25) is 0 Å². The SMILES string of the molecule is COc1ccc(COc2c(NC(=O)c3ccncc3)cccc2-n2cnnn2)cc1. The standard InChI is InChI=1S/C21H18N6O3/c1-29-17-7-5-15(6-8-17)13-30-20-18(24-21(28)16-9-11-22-12-10-16)3-2-4-19(20)27-14-23-25-26-27/h2-12,14H,13H2,1H3,(H,24,28). The number of carbonyl (C=O) groups is 1. The van der Waals surface area contributed by atoms with E-state index in [-0.39, 0.29) is 12.5 Å². The summed E-state index contributed by atoms with van der Waals surface area (Å²) in [5.41, 5.74) is 2.52. The van der Waals surface area contributed by atoms with Crippen LogP contribution in [-0.4, -0.2) is 38.2 Å². The van der Waals surface area contributed by atoms with Gasteiger partial charge in [-0.1, -0.05) is 18.2 Å². The maximum Gasteiger partial charge on any atom is 0.255 e. The maximum atomic E-state index is 12.7. The lowest BCUT2D eigenvalue weighted by atomic mass is 10.2. The zero-order valence-corrected chi connectivity index (χ0v) is 16.1. The quantitative estimate of drug-likeness (QED) is 0.507. The van der Waals surface area contributed by atoms with Gasteiger partial charge in [-0.15, -0.1) is 5.10 Å². The van der Waals surface area contributed by atoms with Gasteiger partial charge in [-0.05, 0) is 52.4 Å². The van der Waals surface area contributed by atoms with E-state index in [0.29, 0.717) is 22.7 Å². The Morgan fingerprint density at radius 3 is 2.57 bits per heavy atom. The Kier molecular flexibility index (Phi) is 5.61. The minimum absolute atomic E-state index is 0.277. The van der Waals surface area contributed by atoms with Crippen molar-refractivity contribution in [1.29, 1.82) is 0 Å². The van der Waals surface area contributed by atoms with E-state index in [1.165, 1.54) is 11.0 Å². The Morgan fingerprint density at radius 2 is 1.87 bits per heavy atom. The summed E-state index contributed by atoms with van der Waals surface area (Å²) >= 11 is 0. The molecule has 0 aliphatic rings. The van der Waals surface area contributed by atoms with E-state index in [1.54, 1.807) is 43.8 Å². The number of aromatic nitrogens is 5. The third-order valence-corrected chi connectivity index (χ3v) is 4.32. The highest BCUT2D eigenvalue weighted by Crippen LogP contribution is 2.32. The van der Waals surface area contributed by atoms with Crippen molar-refractivity contribution in [2.45, 2.75) is 6.61 Å². The molecule has 0 fully saturated rings. The highest BCUT2D eigenvalue weighted by molar-refractivity contribution is 6.05. The molecule has 2 heterocycles. The molecule has 1 N–H and O–H groups in total. The average Bonchev–Trinajstić information content (AvgIpc) is 3.34. The molecule has 2 aromatic carbocycles. The van der Waals surface area contributed by atoms with E-state index in [0.717, 1.165) is 11.3 Å². The highest BCUT2D eigenvalue weighted by atomic mass is 16.5. The summed E-state index contributed by atoms with van der Waals surface area (Å²) in [6, 6.07) is 16.2. The molecule has 0 aliphatic carbocycles. The van der Waals surface area contributed by atoms with Gasteiger partial charge in [-0.3, -0.25) is 9.78 Å². The molecule has 0 saturated carbocycles. The zero-order valence-electron chi connectivity index (χ0n) is 16.1. The Morgan fingerprint density at radius 1 is 1.07 bits per heavy atom. The number of para-hydroxylation sites is 1. The molecule has 0 atom stereocenters. The van der Waals surface area contributed by atoms with Crippen LogP contribution >= 0.6 is 0 Å². The van der Waals surface area contributed by atoms with E-state index in [2.05, 4.69) is 25.8 Å². The molecular weight excluding hydrogens is 384 g/mol. The van der Waals surface area contributed by atoms with Crippen LogP contribution in [0.3, 0.4) is 0 Å². The van der Waals surface area contributed by atoms with Gasteiger partial charge in [0.15, 0.2) is 5.75 Å². The van der Waals surface area contributed by atoms with Crippen molar-refractivity contribution < 1.29 is 14.3 Å². The number of methoxy groups -OCH3 is 1. The number of rotatable bonds is 7. The second-order valence-electron chi connectivity index (χ2n) is 6.23. The summed E-state index contributed by atoms with van der Waals surface area (Å²) in [6.07, 6.45) is 4.59. The molecule has 4 rings (SSSR count). The van der Waals surface area contributed by atoms with Gasteiger partial charge in [0.25, 0.3) is 5.91 Å². The van der Waals surface area contributed by atoms with Crippen molar-refractivity contribution in [1.82, 2.24) is 25.2 Å². The summed E-state index contributed by atoms with van der Waals surface area (Å²) in [6.45, 7) is 0.279. The second-order valence-corrected chi connectivity index (χ2v) is 6.23. The number of nitrogens with zero attached hydrogens (tertiary/aromatic N) is 5. The molecule has 9 nitrogen and oxygen atoms in total. The number of tetrazole rings is 1. The van der Waals surface area contributed by atoms with Crippen molar-refractivity contribution in [2.75, 3.05) is 12.4 Å². The smallest absolute Gasteiger partial charge is 0.255 e. The minimum Gasteiger partial charge on any atom is -0.497 e. The second kappa shape index (κ2) is 8.82. The van der Waals surface area contributed by atoms with Crippen molar-refractivity contribution in [3.8, 4) is 17.2 Å². The van der Waals surface area contributed by atoms with Crippen molar-refractivity contribution in [2.24, 2.45) is 0 Å². The van der Waals surface area contributed by atoms with Gasteiger partial charge in [0.1, 0.15) is 24.4 Å². The van der Waals surface area contributed by atoms with Gasteiger partial charge >= 0.3 is 0 Å². The number of ether oxygens (including phenoxy) is 2. The molecule has 0 radical (unpaired) electrons. The van der Waals surface area contributed by atoms with Crippen LogP contribution in [-0.2, 0) is 6.61 Å². The predicted molar refractivity (Wildman–Crippen MR) is 109 cm³/mol. The molecule has 9 heteroatoms. The van der Waals surface area contributed by atoms with Gasteiger partial charge in [0.05, 0.1) is 12.8 Å². The van der Waals surface area contributed by atoms with Crippen molar-refractivity contribution in [3.05, 3.63) is 84.4 Å². The molecule has 0 saturated heterocycles. The van der Waals surface area contributed by atoms with Gasteiger partial charge in [-0.25, -0.2) is 0 Å². The van der Waals surface area contributed by atoms with Gasteiger partial charge < -0.3 is 14.8 Å². The first-order valence-corrected chi connectivity index (χ1v) is 9.08. The number of hydrogen-bond acceptors (Lipinski definition) is 7. The summed E-state index contributed by atoms with van der Waals surface area (Å²) in [4.78, 5) is 16.6. The Balaban J connectivity index is 1.63. The normalized spacial score (nSPS) is 10.4. The number of pyridine rings is 1. The van der Waals surface area contributed by atoms with Crippen molar-refractivity contribution in [3.63, 3.8) is 0 Å². The fourth-order valence-corrected chi connectivity index (χ4v) is 2.80. The molecule has 1 amide bonds. The molecule has 4 aromatic rings. The summed E-state index contributed by atoms with van der Waals surface area (Å²) in [5.74, 6) is 0.932. The Bertz CT molecular complexity index is 1120. The number of nitrogens with one attached hydrogen (secondary N) is 1. The molecule has 2 aromatic heterocycles. The lowest BCUT2D eigenvalue weighted by Crippen LogP contribution is -2.14. The van der Waals surface area contributed by atoms with Crippen LogP contribution in [0, 0.1) is 0 Å². The Hall–Kier alpha value is -4.27. The predicted octanol–water partition coefficient (Wildman–Crippen LogP) is 2.90. The van der Waals surface area contributed by atoms with E-state index in [4.69, 9.17) is 9.47 Å². The molecule has 0 aliphatic heterocycles. The van der Waals surface area contributed by atoms with Crippen molar-refractivity contribution >= 4 is 11.6 Å². The summed E-state index contributed by atoms with van der Waals surface area (Å²) in [5, 5.41) is 14.2. The van der Waals surface area contributed by atoms with E-state index >= 15 is 0 Å². The van der Waals surface area contributed by atoms with Crippen LogP contribution in [0.25, 0.3) is 5.69 Å². The zero-order chi connectivity index (χ0) is 20.8. The average molecular weight is 402 g/mol. The number of benzene rings is 2. The Labute approximate surface area is 172 Å². The first-order chi connectivity index (χ1) is 14.7. The molecule has 150 valence electrons. The van der Waals surface area contributed by atoms with E-state index in [9.17, 15) is 4.79 Å². The van der Waals surface area contributed by atoms with Crippen LogP contribution in [0.15, 0.2) is 73.3 Å². The topological polar surface area (TPSA) is 104 Å². The maximum absolute atomic E-state index is 12.7. The monoisotopic (exact) mass is 402 g/mol. The molecule has 30 heavy (non-hydrogen) atoms. The fraction of sp³-hybridized carbons (Fsp3) is 0.0952. The molecule has 0 spiro atoms. The van der Waals surface area contributed by atoms with Crippen LogP contribution in [0.5, 0.6) is 11.5 Å². The van der Waals surface area contributed by atoms with Gasteiger partial charge in [0, 0.05) is 18.0 Å². The number of hydrogen-bond donors (Lipinski definition) is 1. The van der Waals surface area contributed by atoms with Crippen LogP contribution in [0.4, 0.5) is 5.69 Å². The lowest BCUT2D eigenvalue weighted by molar-refractivity contribution is 0.102. The molecular formula is C21H18N6O3. The molecule has 0 bridgehead atoms. The first-order valence-electron chi connectivity index (χ1n) is 9.08. The van der Waals surface area contributed by atoms with E-state index in [1.807, 2.05) is 30.3 Å². The number of carbonyl (C=O) groups excluding carboxylic acids is 1. The third-order valence-electron chi connectivity index (χ3n) is 4.32. The van der Waals surface area contributed by atoms with E-state index < -0.39 is 0 Å². The summed E-state index contributed by atoms with van der Waals surface area (Å²) in [7, 11) is 1.62. The number of anilines is 1. The van der Waals surface area contributed by atoms with Gasteiger partial charge in [-0.2, -0.15) is 4.68 Å². The lowest BCUT2D eigenvalue weighted by Gasteiger charge is -2.16. The first kappa shape index (κ1) is 19.1. The summed E-state index contributed by atoms with van der Waals surface area (Å²) < 4.78 is 12.8. The highest BCUT2D eigenvalue weighted by Gasteiger charge is 2.16. The fourth-order valence-electron chi connectivity index (χ4n) is 2.80. The molecule has 0 unspecified atom stereocenters. The largest absolute Gasteiger partial charge is 0.497 e. The van der Waals surface area contributed by atoms with Crippen LogP contribution in [0.1, 0.15) is 15.9 Å². The number of amides is 1. The minimum atomic E-state index is -0.277. The third kappa shape index (κ3) is 4.25. The van der Waals surface area contributed by atoms with Crippen LogP contribution < -0.4 is 14.8 Å². The van der Waals surface area contributed by atoms with Crippen LogP contribution in [0.2, 0.25) is 0 Å².